The molecule has 0 aromatic heterocycles. The van der Waals surface area contributed by atoms with Gasteiger partial charge in [-0.05, 0) is 55.7 Å². The summed E-state index contributed by atoms with van der Waals surface area (Å²) in [6.45, 7) is 14.0. The first kappa shape index (κ1) is 17.6. The summed E-state index contributed by atoms with van der Waals surface area (Å²) in [6.07, 6.45) is 1.33. The molecule has 0 amide bonds. The predicted molar refractivity (Wildman–Crippen MR) is 111 cm³/mol. The third-order valence-electron chi connectivity index (χ3n) is 6.90. The second-order valence-electron chi connectivity index (χ2n) is 8.65. The first-order valence-corrected chi connectivity index (χ1v) is 10.1. The fourth-order valence-electron chi connectivity index (χ4n) is 5.04. The van der Waals surface area contributed by atoms with Gasteiger partial charge in [0.1, 0.15) is 0 Å². The largest absolute Gasteiger partial charge is 0.369 e. The van der Waals surface area contributed by atoms with Crippen LogP contribution in [0.1, 0.15) is 37.0 Å². The van der Waals surface area contributed by atoms with Crippen LogP contribution in [-0.2, 0) is 5.41 Å². The van der Waals surface area contributed by atoms with Gasteiger partial charge < -0.3 is 4.90 Å². The van der Waals surface area contributed by atoms with Crippen molar-refractivity contribution in [2.75, 3.05) is 31.1 Å². The summed E-state index contributed by atoms with van der Waals surface area (Å²) in [5, 5.41) is 0. The van der Waals surface area contributed by atoms with E-state index >= 15 is 0 Å². The summed E-state index contributed by atoms with van der Waals surface area (Å²) in [4.78, 5) is 5.29. The van der Waals surface area contributed by atoms with Crippen molar-refractivity contribution in [3.8, 4) is 0 Å². The number of rotatable bonds is 4. The molecule has 1 saturated heterocycles. The lowest BCUT2D eigenvalue weighted by molar-refractivity contribution is 0.172. The Morgan fingerprint density at radius 3 is 2.31 bits per heavy atom. The number of nitrogens with zero attached hydrogens (tertiary/aromatic N) is 2. The molecule has 1 saturated carbocycles. The zero-order chi connectivity index (χ0) is 18.3. The fourth-order valence-corrected chi connectivity index (χ4v) is 5.04. The van der Waals surface area contributed by atoms with Crippen LogP contribution < -0.4 is 4.90 Å². The highest BCUT2D eigenvalue weighted by atomic mass is 15.3. The number of hydrogen-bond acceptors (Lipinski definition) is 2. The summed E-state index contributed by atoms with van der Waals surface area (Å²) < 4.78 is 0. The Morgan fingerprint density at radius 1 is 0.962 bits per heavy atom. The van der Waals surface area contributed by atoms with E-state index in [2.05, 4.69) is 86.0 Å². The highest BCUT2D eigenvalue weighted by molar-refractivity contribution is 5.54. The van der Waals surface area contributed by atoms with Crippen molar-refractivity contribution in [3.63, 3.8) is 0 Å². The molecule has 2 aliphatic rings. The van der Waals surface area contributed by atoms with Crippen LogP contribution in [0.15, 0.2) is 48.5 Å². The van der Waals surface area contributed by atoms with Crippen LogP contribution in [0.25, 0.3) is 0 Å². The number of piperazine rings is 1. The standard InChI is InChI=1S/C24H32N2/c1-18-10-11-23(19(2)16-18)26-14-12-25(13-15-26)20(3)22-17-24(22,4)21-8-6-5-7-9-21/h5-11,16,20,22H,12-15,17H2,1-4H3/t20-,22-,24-/m1/s1. The molecule has 0 unspecified atom stereocenters. The Labute approximate surface area is 158 Å². The average molecular weight is 349 g/mol. The van der Waals surface area contributed by atoms with Gasteiger partial charge in [0, 0.05) is 37.9 Å². The van der Waals surface area contributed by atoms with Gasteiger partial charge in [-0.2, -0.15) is 0 Å². The van der Waals surface area contributed by atoms with Gasteiger partial charge in [0.05, 0.1) is 0 Å². The Morgan fingerprint density at radius 2 is 1.65 bits per heavy atom. The van der Waals surface area contributed by atoms with E-state index in [1.54, 1.807) is 0 Å². The zero-order valence-corrected chi connectivity index (χ0v) is 16.7. The third kappa shape index (κ3) is 3.16. The van der Waals surface area contributed by atoms with Gasteiger partial charge in [-0.15, -0.1) is 0 Å². The van der Waals surface area contributed by atoms with Gasteiger partial charge in [-0.1, -0.05) is 55.0 Å². The molecule has 2 heteroatoms. The normalized spacial score (nSPS) is 27.4. The molecule has 2 aromatic rings. The minimum Gasteiger partial charge on any atom is -0.369 e. The second-order valence-corrected chi connectivity index (χ2v) is 8.65. The van der Waals surface area contributed by atoms with E-state index in [1.165, 1.54) is 41.9 Å². The first-order valence-electron chi connectivity index (χ1n) is 10.1. The van der Waals surface area contributed by atoms with E-state index in [-0.39, 0.29) is 0 Å². The monoisotopic (exact) mass is 348 g/mol. The Hall–Kier alpha value is -1.80. The summed E-state index contributed by atoms with van der Waals surface area (Å²) in [7, 11) is 0. The first-order chi connectivity index (χ1) is 12.5. The van der Waals surface area contributed by atoms with Gasteiger partial charge in [0.15, 0.2) is 0 Å². The maximum absolute atomic E-state index is 2.72. The van der Waals surface area contributed by atoms with Gasteiger partial charge in [-0.3, -0.25) is 4.90 Å². The molecule has 1 heterocycles. The van der Waals surface area contributed by atoms with Crippen molar-refractivity contribution in [1.29, 1.82) is 0 Å². The van der Waals surface area contributed by atoms with Crippen molar-refractivity contribution in [2.24, 2.45) is 5.92 Å². The number of aryl methyl sites for hydroxylation is 2. The van der Waals surface area contributed by atoms with Crippen LogP contribution in [0, 0.1) is 19.8 Å². The summed E-state index contributed by atoms with van der Waals surface area (Å²) in [6, 6.07) is 18.6. The van der Waals surface area contributed by atoms with Crippen LogP contribution in [0.4, 0.5) is 5.69 Å². The highest BCUT2D eigenvalue weighted by Crippen LogP contribution is 2.56. The molecule has 138 valence electrons. The molecule has 26 heavy (non-hydrogen) atoms. The van der Waals surface area contributed by atoms with Crippen LogP contribution in [0.5, 0.6) is 0 Å². The minimum atomic E-state index is 0.380. The van der Waals surface area contributed by atoms with E-state index < -0.39 is 0 Å². The second kappa shape index (κ2) is 6.74. The lowest BCUT2D eigenvalue weighted by Gasteiger charge is -2.40. The summed E-state index contributed by atoms with van der Waals surface area (Å²) in [5.74, 6) is 0.789. The lowest BCUT2D eigenvalue weighted by atomic mass is 9.92. The molecule has 1 aliphatic carbocycles. The molecule has 1 aliphatic heterocycles. The number of anilines is 1. The van der Waals surface area contributed by atoms with E-state index in [0.717, 1.165) is 19.0 Å². The van der Waals surface area contributed by atoms with Gasteiger partial charge in [0.25, 0.3) is 0 Å². The van der Waals surface area contributed by atoms with Crippen molar-refractivity contribution in [2.45, 2.75) is 45.6 Å². The third-order valence-corrected chi connectivity index (χ3v) is 6.90. The SMILES string of the molecule is Cc1ccc(N2CCN([C@H](C)[C@H]3C[C@]3(C)c3ccccc3)CC2)c(C)c1. The smallest absolute Gasteiger partial charge is 0.0396 e. The van der Waals surface area contributed by atoms with Crippen LogP contribution in [0.2, 0.25) is 0 Å². The van der Waals surface area contributed by atoms with Crippen molar-refractivity contribution in [1.82, 2.24) is 4.90 Å². The van der Waals surface area contributed by atoms with Crippen molar-refractivity contribution >= 4 is 5.69 Å². The number of hydrogen-bond donors (Lipinski definition) is 0. The predicted octanol–water partition coefficient (Wildman–Crippen LogP) is 4.79. The lowest BCUT2D eigenvalue weighted by Crippen LogP contribution is -2.50. The molecule has 2 fully saturated rings. The molecular formula is C24H32N2. The van der Waals surface area contributed by atoms with Gasteiger partial charge in [0.2, 0.25) is 0 Å². The zero-order valence-electron chi connectivity index (χ0n) is 16.7. The van der Waals surface area contributed by atoms with Gasteiger partial charge in [-0.25, -0.2) is 0 Å². The Kier molecular flexibility index (Phi) is 4.56. The summed E-state index contributed by atoms with van der Waals surface area (Å²) in [5.41, 5.74) is 6.08. The van der Waals surface area contributed by atoms with Gasteiger partial charge >= 0.3 is 0 Å². The van der Waals surface area contributed by atoms with Crippen LogP contribution in [0.3, 0.4) is 0 Å². The molecule has 0 spiro atoms. The molecule has 0 radical (unpaired) electrons. The average Bonchev–Trinajstić information content (AvgIpc) is 3.35. The van der Waals surface area contributed by atoms with E-state index in [9.17, 15) is 0 Å². The molecule has 4 rings (SSSR count). The van der Waals surface area contributed by atoms with E-state index in [0.29, 0.717) is 11.5 Å². The molecule has 2 aromatic carbocycles. The molecular weight excluding hydrogens is 316 g/mol. The maximum Gasteiger partial charge on any atom is 0.0396 e. The minimum absolute atomic E-state index is 0.380. The summed E-state index contributed by atoms with van der Waals surface area (Å²) >= 11 is 0. The van der Waals surface area contributed by atoms with Crippen molar-refractivity contribution in [3.05, 3.63) is 65.2 Å². The molecule has 0 bridgehead atoms. The van der Waals surface area contributed by atoms with Crippen molar-refractivity contribution < 1.29 is 0 Å². The van der Waals surface area contributed by atoms with Crippen LogP contribution in [-0.4, -0.2) is 37.1 Å². The molecule has 3 atom stereocenters. The molecule has 0 N–H and O–H groups in total. The molecule has 2 nitrogen and oxygen atoms in total. The maximum atomic E-state index is 2.72. The van der Waals surface area contributed by atoms with E-state index in [1.807, 2.05) is 0 Å². The number of benzene rings is 2. The quantitative estimate of drug-likeness (QED) is 0.784. The van der Waals surface area contributed by atoms with E-state index in [4.69, 9.17) is 0 Å². The fraction of sp³-hybridized carbons (Fsp3) is 0.500. The Bertz CT molecular complexity index is 761. The Balaban J connectivity index is 1.38. The van der Waals surface area contributed by atoms with Crippen LogP contribution >= 0.6 is 0 Å². The topological polar surface area (TPSA) is 6.48 Å². The highest BCUT2D eigenvalue weighted by Gasteiger charge is 2.54.